The number of benzene rings is 2. The number of hydrogen-bond acceptors (Lipinski definition) is 3. The van der Waals surface area contributed by atoms with Crippen LogP contribution in [0.5, 0.6) is 0 Å². The molecular formula is C16H14BrN3O3S. The predicted molar refractivity (Wildman–Crippen MR) is 100 cm³/mol. The SMILES string of the molecule is O=C(O)CNC(=O)c1ccc(NC(=S)Nc2cccc(Br)c2)cc1. The maximum atomic E-state index is 11.7. The Labute approximate surface area is 152 Å². The monoisotopic (exact) mass is 407 g/mol. The molecule has 0 aliphatic rings. The van der Waals surface area contributed by atoms with Gasteiger partial charge < -0.3 is 21.1 Å². The maximum absolute atomic E-state index is 11.7. The summed E-state index contributed by atoms with van der Waals surface area (Å²) < 4.78 is 0.937. The first-order chi connectivity index (χ1) is 11.4. The van der Waals surface area contributed by atoms with Crippen molar-refractivity contribution in [2.45, 2.75) is 0 Å². The van der Waals surface area contributed by atoms with Crippen molar-refractivity contribution in [3.63, 3.8) is 0 Å². The van der Waals surface area contributed by atoms with Gasteiger partial charge in [-0.3, -0.25) is 9.59 Å². The van der Waals surface area contributed by atoms with E-state index in [1.807, 2.05) is 24.3 Å². The van der Waals surface area contributed by atoms with Gasteiger partial charge in [0.15, 0.2) is 5.11 Å². The topological polar surface area (TPSA) is 90.5 Å². The van der Waals surface area contributed by atoms with Gasteiger partial charge in [0.2, 0.25) is 0 Å². The van der Waals surface area contributed by atoms with E-state index >= 15 is 0 Å². The summed E-state index contributed by atoms with van der Waals surface area (Å²) in [7, 11) is 0. The zero-order chi connectivity index (χ0) is 17.5. The molecule has 0 aliphatic heterocycles. The van der Waals surface area contributed by atoms with Crippen molar-refractivity contribution in [1.29, 1.82) is 0 Å². The lowest BCUT2D eigenvalue weighted by molar-refractivity contribution is -0.135. The zero-order valence-electron chi connectivity index (χ0n) is 12.4. The molecular weight excluding hydrogens is 394 g/mol. The van der Waals surface area contributed by atoms with Gasteiger partial charge in [-0.15, -0.1) is 0 Å². The number of hydrogen-bond donors (Lipinski definition) is 4. The number of aliphatic carboxylic acids is 1. The fourth-order valence-electron chi connectivity index (χ4n) is 1.82. The minimum absolute atomic E-state index is 0.368. The van der Waals surface area contributed by atoms with Gasteiger partial charge in [-0.05, 0) is 54.7 Å². The van der Waals surface area contributed by atoms with E-state index in [0.29, 0.717) is 16.4 Å². The van der Waals surface area contributed by atoms with Crippen LogP contribution in [0.1, 0.15) is 10.4 Å². The normalized spacial score (nSPS) is 9.88. The number of amides is 1. The van der Waals surface area contributed by atoms with Crippen molar-refractivity contribution < 1.29 is 14.7 Å². The number of nitrogens with one attached hydrogen (secondary N) is 3. The Balaban J connectivity index is 1.92. The molecule has 6 nitrogen and oxygen atoms in total. The molecule has 0 atom stereocenters. The minimum atomic E-state index is -1.09. The number of thiocarbonyl (C=S) groups is 1. The second-order valence-electron chi connectivity index (χ2n) is 4.74. The van der Waals surface area contributed by atoms with Crippen LogP contribution in [0, 0.1) is 0 Å². The van der Waals surface area contributed by atoms with Crippen LogP contribution < -0.4 is 16.0 Å². The fourth-order valence-corrected chi connectivity index (χ4v) is 2.46. The van der Waals surface area contributed by atoms with Crippen LogP contribution in [0.25, 0.3) is 0 Å². The Hall–Kier alpha value is -2.45. The molecule has 0 saturated heterocycles. The van der Waals surface area contributed by atoms with Crippen LogP contribution >= 0.6 is 28.1 Å². The van der Waals surface area contributed by atoms with Crippen molar-refractivity contribution in [3.8, 4) is 0 Å². The van der Waals surface area contributed by atoms with E-state index in [-0.39, 0.29) is 0 Å². The number of carbonyl (C=O) groups is 2. The summed E-state index contributed by atoms with van der Waals surface area (Å²) in [5.74, 6) is -1.54. The number of carbonyl (C=O) groups excluding carboxylic acids is 1. The molecule has 2 aromatic carbocycles. The molecule has 2 aromatic rings. The molecule has 0 fully saturated rings. The standard InChI is InChI=1S/C16H14BrN3O3S/c17-11-2-1-3-13(8-11)20-16(24)19-12-6-4-10(5-7-12)15(23)18-9-14(21)22/h1-8H,9H2,(H,18,23)(H,21,22)(H2,19,20,24). The minimum Gasteiger partial charge on any atom is -0.480 e. The van der Waals surface area contributed by atoms with Crippen molar-refractivity contribution >= 4 is 56.5 Å². The van der Waals surface area contributed by atoms with Gasteiger partial charge in [-0.2, -0.15) is 0 Å². The molecule has 0 bridgehead atoms. The molecule has 0 unspecified atom stereocenters. The highest BCUT2D eigenvalue weighted by Crippen LogP contribution is 2.16. The molecule has 0 aliphatic carbocycles. The molecule has 4 N–H and O–H groups in total. The first kappa shape index (κ1) is 17.9. The maximum Gasteiger partial charge on any atom is 0.322 e. The Bertz CT molecular complexity index is 765. The summed E-state index contributed by atoms with van der Waals surface area (Å²) in [6.45, 7) is -0.417. The van der Waals surface area contributed by atoms with Crippen molar-refractivity contribution in [1.82, 2.24) is 5.32 Å². The highest BCUT2D eigenvalue weighted by molar-refractivity contribution is 9.10. The number of rotatable bonds is 5. The van der Waals surface area contributed by atoms with Crippen LogP contribution in [0.4, 0.5) is 11.4 Å². The van der Waals surface area contributed by atoms with Crippen LogP contribution in [0.15, 0.2) is 53.0 Å². The lowest BCUT2D eigenvalue weighted by atomic mass is 10.2. The Morgan fingerprint density at radius 3 is 2.33 bits per heavy atom. The number of carboxylic acid groups (broad SMARTS) is 1. The molecule has 24 heavy (non-hydrogen) atoms. The van der Waals surface area contributed by atoms with Crippen LogP contribution in [0.3, 0.4) is 0 Å². The number of carboxylic acids is 1. The second kappa shape index (κ2) is 8.42. The molecule has 1 amide bonds. The van der Waals surface area contributed by atoms with Gasteiger partial charge in [0, 0.05) is 21.4 Å². The van der Waals surface area contributed by atoms with Gasteiger partial charge in [0.05, 0.1) is 0 Å². The average molecular weight is 408 g/mol. The quantitative estimate of drug-likeness (QED) is 0.569. The summed E-state index contributed by atoms with van der Waals surface area (Å²) in [6.07, 6.45) is 0. The van der Waals surface area contributed by atoms with Crippen LogP contribution in [-0.2, 0) is 4.79 Å². The summed E-state index contributed by atoms with van der Waals surface area (Å²) in [5, 5.41) is 17.3. The Kier molecular flexibility index (Phi) is 6.28. The first-order valence-electron chi connectivity index (χ1n) is 6.87. The van der Waals surface area contributed by atoms with Crippen molar-refractivity contribution in [3.05, 3.63) is 58.6 Å². The molecule has 0 heterocycles. The predicted octanol–water partition coefficient (Wildman–Crippen LogP) is 3.07. The summed E-state index contributed by atoms with van der Waals surface area (Å²) in [4.78, 5) is 22.2. The van der Waals surface area contributed by atoms with E-state index in [2.05, 4.69) is 31.9 Å². The summed E-state index contributed by atoms with van der Waals surface area (Å²) >= 11 is 8.62. The first-order valence-corrected chi connectivity index (χ1v) is 8.08. The third-order valence-corrected chi connectivity index (χ3v) is 3.58. The van der Waals surface area contributed by atoms with E-state index in [0.717, 1.165) is 10.2 Å². The molecule has 124 valence electrons. The van der Waals surface area contributed by atoms with Crippen molar-refractivity contribution in [2.75, 3.05) is 17.2 Å². The average Bonchev–Trinajstić information content (AvgIpc) is 2.53. The fraction of sp³-hybridized carbons (Fsp3) is 0.0625. The van der Waals surface area contributed by atoms with Crippen LogP contribution in [0.2, 0.25) is 0 Å². The van der Waals surface area contributed by atoms with E-state index in [1.165, 1.54) is 0 Å². The van der Waals surface area contributed by atoms with Crippen LogP contribution in [-0.4, -0.2) is 28.6 Å². The lowest BCUT2D eigenvalue weighted by Gasteiger charge is -2.11. The highest BCUT2D eigenvalue weighted by atomic mass is 79.9. The Morgan fingerprint density at radius 1 is 1.04 bits per heavy atom. The van der Waals surface area contributed by atoms with Gasteiger partial charge in [0.25, 0.3) is 5.91 Å². The second-order valence-corrected chi connectivity index (χ2v) is 6.07. The third kappa shape index (κ3) is 5.64. The molecule has 0 aromatic heterocycles. The van der Waals surface area contributed by atoms with Gasteiger partial charge in [-0.1, -0.05) is 22.0 Å². The smallest absolute Gasteiger partial charge is 0.322 e. The summed E-state index contributed by atoms with van der Waals surface area (Å²) in [5.41, 5.74) is 1.91. The zero-order valence-corrected chi connectivity index (χ0v) is 14.8. The number of anilines is 2. The van der Waals surface area contributed by atoms with E-state index in [4.69, 9.17) is 17.3 Å². The number of halogens is 1. The lowest BCUT2D eigenvalue weighted by Crippen LogP contribution is -2.29. The molecule has 8 heteroatoms. The Morgan fingerprint density at radius 2 is 1.71 bits per heavy atom. The molecule has 0 spiro atoms. The largest absolute Gasteiger partial charge is 0.480 e. The highest BCUT2D eigenvalue weighted by Gasteiger charge is 2.07. The van der Waals surface area contributed by atoms with Crippen molar-refractivity contribution in [2.24, 2.45) is 0 Å². The van der Waals surface area contributed by atoms with E-state index in [1.54, 1.807) is 24.3 Å². The molecule has 2 rings (SSSR count). The third-order valence-electron chi connectivity index (χ3n) is 2.89. The van der Waals surface area contributed by atoms with E-state index < -0.39 is 18.4 Å². The summed E-state index contributed by atoms with van der Waals surface area (Å²) in [6, 6.07) is 14.1. The molecule has 0 saturated carbocycles. The molecule has 0 radical (unpaired) electrons. The van der Waals surface area contributed by atoms with Gasteiger partial charge in [0.1, 0.15) is 6.54 Å². The van der Waals surface area contributed by atoms with Gasteiger partial charge >= 0.3 is 5.97 Å². The van der Waals surface area contributed by atoms with Gasteiger partial charge in [-0.25, -0.2) is 0 Å². The van der Waals surface area contributed by atoms with E-state index in [9.17, 15) is 9.59 Å².